The Balaban J connectivity index is 1.05. The van der Waals surface area contributed by atoms with Gasteiger partial charge in [-0.3, -0.25) is 0 Å². The number of furan rings is 2. The van der Waals surface area contributed by atoms with E-state index in [0.29, 0.717) is 5.84 Å². The third kappa shape index (κ3) is 5.10. The fourth-order valence-corrected chi connectivity index (χ4v) is 8.82. The molecule has 0 fully saturated rings. The van der Waals surface area contributed by atoms with Crippen molar-refractivity contribution < 1.29 is 8.83 Å². The summed E-state index contributed by atoms with van der Waals surface area (Å²) in [5.41, 5.74) is 10.7. The molecule has 1 N–H and O–H groups in total. The van der Waals surface area contributed by atoms with Crippen LogP contribution in [0, 0.1) is 0 Å². The molecule has 58 heavy (non-hydrogen) atoms. The molecule has 12 rings (SSSR count). The first-order valence-electron chi connectivity index (χ1n) is 19.6. The minimum absolute atomic E-state index is 0.518. The van der Waals surface area contributed by atoms with Crippen molar-refractivity contribution in [2.75, 3.05) is 0 Å². The van der Waals surface area contributed by atoms with Crippen molar-refractivity contribution in [3.8, 4) is 22.3 Å². The SMILES string of the molecule is c1ccc(C2=NC(c3ccc(-c4ccc(-c5ccc6ccccc6c5)c5oc6ccccc6c45)c4ccccc34)N=C(c3cccc4c3oc3ccccc34)N2)cc1. The van der Waals surface area contributed by atoms with Gasteiger partial charge >= 0.3 is 0 Å². The molecule has 0 bridgehead atoms. The molecular formula is C53H33N3O2. The summed E-state index contributed by atoms with van der Waals surface area (Å²) in [6.45, 7) is 0. The van der Waals surface area contributed by atoms with E-state index < -0.39 is 6.17 Å². The summed E-state index contributed by atoms with van der Waals surface area (Å²) in [5.74, 6) is 1.47. The van der Waals surface area contributed by atoms with Crippen LogP contribution in [0.1, 0.15) is 22.9 Å². The number of hydrogen-bond donors (Lipinski definition) is 1. The number of para-hydroxylation sites is 3. The molecule has 9 aromatic carbocycles. The predicted molar refractivity (Wildman–Crippen MR) is 239 cm³/mol. The Labute approximate surface area is 333 Å². The second-order valence-corrected chi connectivity index (χ2v) is 14.9. The lowest BCUT2D eigenvalue weighted by Crippen LogP contribution is -2.36. The van der Waals surface area contributed by atoms with Crippen LogP contribution < -0.4 is 5.32 Å². The number of rotatable bonds is 5. The Hall–Kier alpha value is -7.76. The van der Waals surface area contributed by atoms with Crippen LogP contribution in [-0.2, 0) is 0 Å². The Morgan fingerprint density at radius 3 is 1.88 bits per heavy atom. The lowest BCUT2D eigenvalue weighted by molar-refractivity contribution is 0.667. The van der Waals surface area contributed by atoms with Crippen LogP contribution in [0.4, 0.5) is 0 Å². The minimum Gasteiger partial charge on any atom is -0.455 e. The number of aliphatic imine (C=N–C) groups is 2. The van der Waals surface area contributed by atoms with Crippen LogP contribution in [-0.4, -0.2) is 11.7 Å². The molecule has 0 aliphatic carbocycles. The highest BCUT2D eigenvalue weighted by Crippen LogP contribution is 2.45. The molecule has 1 aliphatic heterocycles. The Kier molecular flexibility index (Phi) is 7.23. The highest BCUT2D eigenvalue weighted by molar-refractivity contribution is 6.22. The Bertz CT molecular complexity index is 3500. The fraction of sp³-hybridized carbons (Fsp3) is 0.0189. The topological polar surface area (TPSA) is 63.0 Å². The van der Waals surface area contributed by atoms with Crippen LogP contribution in [0.5, 0.6) is 0 Å². The van der Waals surface area contributed by atoms with E-state index in [0.717, 1.165) is 99.4 Å². The lowest BCUT2D eigenvalue weighted by Gasteiger charge is -2.24. The van der Waals surface area contributed by atoms with Crippen molar-refractivity contribution in [1.29, 1.82) is 0 Å². The maximum Gasteiger partial charge on any atom is 0.170 e. The Morgan fingerprint density at radius 1 is 0.379 bits per heavy atom. The summed E-state index contributed by atoms with van der Waals surface area (Å²) in [7, 11) is 0. The summed E-state index contributed by atoms with van der Waals surface area (Å²) in [6, 6.07) is 65.7. The molecule has 1 unspecified atom stereocenters. The molecule has 0 radical (unpaired) electrons. The van der Waals surface area contributed by atoms with Crippen molar-refractivity contribution in [2.45, 2.75) is 6.17 Å². The van der Waals surface area contributed by atoms with Gasteiger partial charge in [-0.1, -0.05) is 158 Å². The summed E-state index contributed by atoms with van der Waals surface area (Å²) < 4.78 is 13.3. The first-order chi connectivity index (χ1) is 28.7. The van der Waals surface area contributed by atoms with Gasteiger partial charge in [-0.2, -0.15) is 0 Å². The summed E-state index contributed by atoms with van der Waals surface area (Å²) in [5, 5.41) is 12.6. The highest BCUT2D eigenvalue weighted by Gasteiger charge is 2.26. The van der Waals surface area contributed by atoms with Gasteiger partial charge < -0.3 is 14.2 Å². The van der Waals surface area contributed by atoms with E-state index in [1.807, 2.05) is 42.5 Å². The normalized spacial score (nSPS) is 14.4. The van der Waals surface area contributed by atoms with Crippen molar-refractivity contribution in [3.63, 3.8) is 0 Å². The predicted octanol–water partition coefficient (Wildman–Crippen LogP) is 13.6. The molecule has 1 aliphatic rings. The average Bonchev–Trinajstić information content (AvgIpc) is 3.88. The van der Waals surface area contributed by atoms with E-state index in [9.17, 15) is 0 Å². The molecular weight excluding hydrogens is 711 g/mol. The number of fused-ring (bicyclic) bond motifs is 8. The van der Waals surface area contributed by atoms with Crippen LogP contribution in [0.3, 0.4) is 0 Å². The van der Waals surface area contributed by atoms with Crippen LogP contribution in [0.2, 0.25) is 0 Å². The molecule has 11 aromatic rings. The summed E-state index contributed by atoms with van der Waals surface area (Å²) in [4.78, 5) is 10.7. The van der Waals surface area contributed by atoms with E-state index >= 15 is 0 Å². The maximum absolute atomic E-state index is 6.75. The quantitative estimate of drug-likeness (QED) is 0.191. The molecule has 0 amide bonds. The van der Waals surface area contributed by atoms with Gasteiger partial charge in [0.1, 0.15) is 34.0 Å². The van der Waals surface area contributed by atoms with E-state index in [1.165, 1.54) is 10.8 Å². The molecule has 1 atom stereocenters. The van der Waals surface area contributed by atoms with Crippen LogP contribution in [0.15, 0.2) is 207 Å². The summed E-state index contributed by atoms with van der Waals surface area (Å²) >= 11 is 0. The van der Waals surface area contributed by atoms with E-state index in [1.54, 1.807) is 0 Å². The molecule has 5 nitrogen and oxygen atoms in total. The molecule has 272 valence electrons. The van der Waals surface area contributed by atoms with Gasteiger partial charge in [-0.05, 0) is 68.6 Å². The van der Waals surface area contributed by atoms with Crippen LogP contribution in [0.25, 0.3) is 87.7 Å². The molecule has 5 heteroatoms. The van der Waals surface area contributed by atoms with Gasteiger partial charge in [-0.15, -0.1) is 0 Å². The molecule has 3 heterocycles. The monoisotopic (exact) mass is 743 g/mol. The van der Waals surface area contributed by atoms with E-state index in [2.05, 4.69) is 151 Å². The average molecular weight is 744 g/mol. The van der Waals surface area contributed by atoms with Gasteiger partial charge in [-0.25, -0.2) is 9.98 Å². The number of amidine groups is 2. The second-order valence-electron chi connectivity index (χ2n) is 14.9. The molecule has 0 saturated heterocycles. The van der Waals surface area contributed by atoms with Crippen LogP contribution >= 0.6 is 0 Å². The highest BCUT2D eigenvalue weighted by atomic mass is 16.3. The Morgan fingerprint density at radius 2 is 1.02 bits per heavy atom. The number of nitrogens with one attached hydrogen (secondary N) is 1. The number of nitrogens with zero attached hydrogens (tertiary/aromatic N) is 2. The van der Waals surface area contributed by atoms with Gasteiger partial charge in [0.2, 0.25) is 0 Å². The first-order valence-corrected chi connectivity index (χ1v) is 19.6. The zero-order chi connectivity index (χ0) is 38.2. The first kappa shape index (κ1) is 32.5. The van der Waals surface area contributed by atoms with Crippen molar-refractivity contribution in [2.24, 2.45) is 9.98 Å². The van der Waals surface area contributed by atoms with Crippen molar-refractivity contribution >= 4 is 77.1 Å². The number of hydrogen-bond acceptors (Lipinski definition) is 5. The largest absolute Gasteiger partial charge is 0.455 e. The fourth-order valence-electron chi connectivity index (χ4n) is 8.82. The second kappa shape index (κ2) is 12.9. The molecule has 0 spiro atoms. The maximum atomic E-state index is 6.75. The zero-order valence-electron chi connectivity index (χ0n) is 31.2. The summed E-state index contributed by atoms with van der Waals surface area (Å²) in [6.07, 6.45) is -0.518. The van der Waals surface area contributed by atoms with E-state index in [-0.39, 0.29) is 0 Å². The van der Waals surface area contributed by atoms with Crippen molar-refractivity contribution in [1.82, 2.24) is 5.32 Å². The minimum atomic E-state index is -0.518. The number of benzene rings is 9. The third-order valence-electron chi connectivity index (χ3n) is 11.6. The van der Waals surface area contributed by atoms with Gasteiger partial charge in [0.15, 0.2) is 6.17 Å². The molecule has 2 aromatic heterocycles. The van der Waals surface area contributed by atoms with Gasteiger partial charge in [0.25, 0.3) is 0 Å². The third-order valence-corrected chi connectivity index (χ3v) is 11.6. The lowest BCUT2D eigenvalue weighted by atomic mass is 9.89. The smallest absolute Gasteiger partial charge is 0.170 e. The zero-order valence-corrected chi connectivity index (χ0v) is 31.2. The molecule has 0 saturated carbocycles. The van der Waals surface area contributed by atoms with Crippen molar-refractivity contribution in [3.05, 3.63) is 205 Å². The van der Waals surface area contributed by atoms with E-state index in [4.69, 9.17) is 18.8 Å². The van der Waals surface area contributed by atoms with Gasteiger partial charge in [0.05, 0.1) is 5.56 Å². The van der Waals surface area contributed by atoms with Gasteiger partial charge in [0, 0.05) is 38.2 Å². The standard InChI is InChI=1S/C53H33N3O2/c1-2-14-33(15-3-1)51-54-52(56-53(55-51)45-22-12-21-42-40-19-8-10-23-46(40)57-49(42)45)43-30-28-39(37-17-6-7-18-38(37)43)41-29-27-36(35-26-25-32-13-4-5-16-34(32)31-35)50-48(41)44-20-9-11-24-47(44)58-50/h1-31,52H,(H,54,55,56).